The van der Waals surface area contributed by atoms with Gasteiger partial charge in [0.15, 0.2) is 17.5 Å². The van der Waals surface area contributed by atoms with Gasteiger partial charge in [-0.1, -0.05) is 72.8 Å². The fourth-order valence-electron chi connectivity index (χ4n) is 3.78. The molecule has 0 spiro atoms. The fraction of sp³-hybridized carbons (Fsp3) is 0.0741. The molecule has 5 rings (SSSR count). The van der Waals surface area contributed by atoms with E-state index in [1.807, 2.05) is 86.7 Å². The molecule has 0 saturated heterocycles. The Hall–Kier alpha value is -3.57. The van der Waals surface area contributed by atoms with Crippen molar-refractivity contribution < 1.29 is 4.42 Å². The monoisotopic (exact) mass is 481 g/mol. The van der Waals surface area contributed by atoms with E-state index in [9.17, 15) is 0 Å². The van der Waals surface area contributed by atoms with Crippen LogP contribution >= 0.6 is 15.9 Å². The Morgan fingerprint density at radius 3 is 2.25 bits per heavy atom. The lowest BCUT2D eigenvalue weighted by Gasteiger charge is -2.09. The Balaban J connectivity index is 1.80. The summed E-state index contributed by atoms with van der Waals surface area (Å²) in [6, 6.07) is 22.1. The maximum Gasteiger partial charge on any atom is 0.167 e. The van der Waals surface area contributed by atoms with Gasteiger partial charge in [-0.15, -0.1) is 0 Å². The van der Waals surface area contributed by atoms with E-state index in [-0.39, 0.29) is 0 Å². The molecule has 0 bridgehead atoms. The third-order valence-electron chi connectivity index (χ3n) is 5.30. The van der Waals surface area contributed by atoms with Crippen molar-refractivity contribution in [2.24, 2.45) is 0 Å². The molecule has 0 aliphatic carbocycles. The summed E-state index contributed by atoms with van der Waals surface area (Å²) < 4.78 is 7.23. The molecule has 2 heterocycles. The van der Waals surface area contributed by atoms with E-state index in [2.05, 4.69) is 28.1 Å². The first-order valence-corrected chi connectivity index (χ1v) is 11.2. The highest BCUT2D eigenvalue weighted by Gasteiger charge is 2.18. The molecule has 0 saturated carbocycles. The van der Waals surface area contributed by atoms with E-state index in [0.29, 0.717) is 17.5 Å². The van der Waals surface area contributed by atoms with Gasteiger partial charge in [0.1, 0.15) is 11.2 Å². The highest BCUT2D eigenvalue weighted by Crippen LogP contribution is 2.38. The van der Waals surface area contributed by atoms with Crippen LogP contribution in [0.25, 0.3) is 50.3 Å². The van der Waals surface area contributed by atoms with Crippen LogP contribution < -0.4 is 0 Å². The fourth-order valence-corrected chi connectivity index (χ4v) is 4.23. The van der Waals surface area contributed by atoms with Crippen LogP contribution in [0.5, 0.6) is 0 Å². The van der Waals surface area contributed by atoms with Crippen LogP contribution in [0.1, 0.15) is 19.7 Å². The topological polar surface area (TPSA) is 51.8 Å². The predicted molar refractivity (Wildman–Crippen MR) is 134 cm³/mol. The van der Waals surface area contributed by atoms with Crippen molar-refractivity contribution in [2.45, 2.75) is 13.8 Å². The van der Waals surface area contributed by atoms with E-state index < -0.39 is 0 Å². The average molecular weight is 482 g/mol. The third kappa shape index (κ3) is 3.55. The summed E-state index contributed by atoms with van der Waals surface area (Å²) in [7, 11) is 0. The van der Waals surface area contributed by atoms with Gasteiger partial charge in [-0.2, -0.15) is 0 Å². The lowest BCUT2D eigenvalue weighted by atomic mass is 10.1. The van der Waals surface area contributed by atoms with Crippen LogP contribution in [-0.2, 0) is 0 Å². The van der Waals surface area contributed by atoms with E-state index in [1.54, 1.807) is 0 Å². The number of fused-ring (bicyclic) bond motifs is 3. The van der Waals surface area contributed by atoms with Gasteiger partial charge in [0.2, 0.25) is 0 Å². The zero-order valence-corrected chi connectivity index (χ0v) is 19.3. The average Bonchev–Trinajstić information content (AvgIpc) is 3.23. The number of para-hydroxylation sites is 2. The molecule has 4 nitrogen and oxygen atoms in total. The van der Waals surface area contributed by atoms with Gasteiger partial charge in [-0.25, -0.2) is 15.0 Å². The maximum absolute atomic E-state index is 6.31. The van der Waals surface area contributed by atoms with Crippen LogP contribution in [-0.4, -0.2) is 15.0 Å². The third-order valence-corrected chi connectivity index (χ3v) is 5.92. The minimum absolute atomic E-state index is 0.582. The van der Waals surface area contributed by atoms with E-state index in [1.165, 1.54) is 0 Å². The van der Waals surface area contributed by atoms with Crippen molar-refractivity contribution in [1.82, 2.24) is 15.0 Å². The van der Waals surface area contributed by atoms with Crippen molar-refractivity contribution in [3.8, 4) is 22.8 Å². The van der Waals surface area contributed by atoms with Crippen molar-refractivity contribution in [1.29, 1.82) is 0 Å². The quantitative estimate of drug-likeness (QED) is 0.245. The molecule has 5 aromatic rings. The van der Waals surface area contributed by atoms with Gasteiger partial charge >= 0.3 is 0 Å². The highest BCUT2D eigenvalue weighted by molar-refractivity contribution is 9.10. The molecular formula is C27H20BrN3O. The summed E-state index contributed by atoms with van der Waals surface area (Å²) in [5.74, 6) is 1.84. The van der Waals surface area contributed by atoms with Crippen molar-refractivity contribution in [3.05, 3.63) is 95.3 Å². The van der Waals surface area contributed by atoms with Crippen LogP contribution in [0, 0.1) is 0 Å². The summed E-state index contributed by atoms with van der Waals surface area (Å²) >= 11 is 3.61. The Kier molecular flexibility index (Phi) is 5.41. The molecule has 0 unspecified atom stereocenters. The van der Waals surface area contributed by atoms with Crippen molar-refractivity contribution >= 4 is 43.4 Å². The smallest absolute Gasteiger partial charge is 0.167 e. The Morgan fingerprint density at radius 2 is 1.50 bits per heavy atom. The minimum atomic E-state index is 0.582. The molecule has 0 radical (unpaired) electrons. The van der Waals surface area contributed by atoms with Gasteiger partial charge in [-0.3, -0.25) is 0 Å². The Morgan fingerprint density at radius 1 is 0.781 bits per heavy atom. The zero-order chi connectivity index (χ0) is 22.1. The molecule has 0 aliphatic heterocycles. The van der Waals surface area contributed by atoms with Gasteiger partial charge in [-0.05, 0) is 41.9 Å². The lowest BCUT2D eigenvalue weighted by molar-refractivity contribution is 0.667. The second-order valence-electron chi connectivity index (χ2n) is 7.32. The van der Waals surface area contributed by atoms with Gasteiger partial charge in [0.05, 0.1) is 10.0 Å². The molecule has 5 heteroatoms. The summed E-state index contributed by atoms with van der Waals surface area (Å²) in [4.78, 5) is 14.5. The number of allylic oxidation sites excluding steroid dienone is 4. The van der Waals surface area contributed by atoms with E-state index in [4.69, 9.17) is 19.4 Å². The number of halogens is 1. The maximum atomic E-state index is 6.31. The highest BCUT2D eigenvalue weighted by atomic mass is 79.9. The number of rotatable bonds is 4. The van der Waals surface area contributed by atoms with Crippen LogP contribution in [0.4, 0.5) is 0 Å². The first kappa shape index (κ1) is 20.3. The standard InChI is InChI=1S/C27H20BrN3O/c1-3-10-17(4-2)25-29-26(18-11-6-5-7-12-18)31-27(30-25)21-15-8-13-19-20-14-9-16-22(28)24(20)32-23(19)21/h3-16H,1-2H3/b10-3-,17-4+. The molecule has 0 atom stereocenters. The van der Waals surface area contributed by atoms with Crippen LogP contribution in [0.3, 0.4) is 0 Å². The second-order valence-corrected chi connectivity index (χ2v) is 8.17. The number of nitrogens with zero attached hydrogens (tertiary/aromatic N) is 3. The predicted octanol–water partition coefficient (Wildman–Crippen LogP) is 7.85. The summed E-state index contributed by atoms with van der Waals surface area (Å²) in [5, 5.41) is 2.08. The number of hydrogen-bond acceptors (Lipinski definition) is 4. The molecule has 0 N–H and O–H groups in total. The van der Waals surface area contributed by atoms with Crippen molar-refractivity contribution in [3.63, 3.8) is 0 Å². The summed E-state index contributed by atoms with van der Waals surface area (Å²) in [6.45, 7) is 3.97. The Bertz CT molecular complexity index is 1500. The largest absolute Gasteiger partial charge is 0.454 e. The molecule has 0 fully saturated rings. The lowest BCUT2D eigenvalue weighted by Crippen LogP contribution is -2.02. The van der Waals surface area contributed by atoms with Crippen LogP contribution in [0.15, 0.2) is 93.8 Å². The molecule has 32 heavy (non-hydrogen) atoms. The SMILES string of the molecule is C/C=C\C(=C/C)c1nc(-c2ccccc2)nc(-c2cccc3c2oc2c(Br)cccc23)n1. The molecule has 0 amide bonds. The molecular weight excluding hydrogens is 462 g/mol. The molecule has 156 valence electrons. The van der Waals surface area contributed by atoms with Gasteiger partial charge in [0.25, 0.3) is 0 Å². The molecule has 0 aliphatic rings. The number of aromatic nitrogens is 3. The zero-order valence-electron chi connectivity index (χ0n) is 17.7. The van der Waals surface area contributed by atoms with E-state index >= 15 is 0 Å². The molecule has 3 aromatic carbocycles. The van der Waals surface area contributed by atoms with Crippen molar-refractivity contribution in [2.75, 3.05) is 0 Å². The summed E-state index contributed by atoms with van der Waals surface area (Å²) in [5.41, 5.74) is 4.29. The number of benzene rings is 3. The minimum Gasteiger partial charge on any atom is -0.454 e. The number of furan rings is 1. The van der Waals surface area contributed by atoms with Crippen LogP contribution in [0.2, 0.25) is 0 Å². The van der Waals surface area contributed by atoms with Gasteiger partial charge < -0.3 is 4.42 Å². The first-order valence-electron chi connectivity index (χ1n) is 10.4. The summed E-state index contributed by atoms with van der Waals surface area (Å²) in [6.07, 6.45) is 6.00. The molecule has 2 aromatic heterocycles. The Labute approximate surface area is 194 Å². The van der Waals surface area contributed by atoms with E-state index in [0.717, 1.165) is 43.1 Å². The number of hydrogen-bond donors (Lipinski definition) is 0. The second kappa shape index (κ2) is 8.52. The normalized spacial score (nSPS) is 12.3. The first-order chi connectivity index (χ1) is 15.7. The van der Waals surface area contributed by atoms with Gasteiger partial charge in [0, 0.05) is 21.9 Å².